The molecular weight excluding hydrogens is 302 g/mol. The zero-order valence-electron chi connectivity index (χ0n) is 11.7. The van der Waals surface area contributed by atoms with Gasteiger partial charge in [-0.3, -0.25) is 0 Å². The van der Waals surface area contributed by atoms with Crippen molar-refractivity contribution in [3.8, 4) is 0 Å². The highest BCUT2D eigenvalue weighted by atomic mass is 79.9. The second-order valence-electron chi connectivity index (χ2n) is 4.83. The molecule has 0 fully saturated rings. The van der Waals surface area contributed by atoms with Gasteiger partial charge in [-0.25, -0.2) is 0 Å². The smallest absolute Gasteiger partial charge is 0.169 e. The van der Waals surface area contributed by atoms with Crippen LogP contribution in [0.5, 0.6) is 0 Å². The number of hydrogen-bond donors (Lipinski definition) is 1. The minimum atomic E-state index is 0.118. The van der Waals surface area contributed by atoms with E-state index in [-0.39, 0.29) is 6.04 Å². The van der Waals surface area contributed by atoms with Gasteiger partial charge in [0.2, 0.25) is 0 Å². The Balaban J connectivity index is 2.42. The van der Waals surface area contributed by atoms with Crippen molar-refractivity contribution in [1.29, 1.82) is 0 Å². The summed E-state index contributed by atoms with van der Waals surface area (Å²) in [5.41, 5.74) is 3.90. The third-order valence-electron chi connectivity index (χ3n) is 3.31. The topological polar surface area (TPSA) is 25.2 Å². The van der Waals surface area contributed by atoms with Crippen LogP contribution in [0, 0.1) is 13.8 Å². The van der Waals surface area contributed by atoms with E-state index in [4.69, 9.17) is 4.42 Å². The molecule has 1 heterocycles. The molecule has 2 aromatic rings. The Morgan fingerprint density at radius 2 is 1.84 bits per heavy atom. The van der Waals surface area contributed by atoms with E-state index in [0.29, 0.717) is 0 Å². The summed E-state index contributed by atoms with van der Waals surface area (Å²) in [6, 6.07) is 10.5. The zero-order chi connectivity index (χ0) is 13.8. The summed E-state index contributed by atoms with van der Waals surface area (Å²) in [6.07, 6.45) is 1.10. The summed E-state index contributed by atoms with van der Waals surface area (Å²) in [6.45, 7) is 7.45. The predicted molar refractivity (Wildman–Crippen MR) is 82.5 cm³/mol. The molecule has 0 saturated heterocycles. The molecule has 1 aromatic carbocycles. The van der Waals surface area contributed by atoms with E-state index in [2.05, 4.69) is 60.2 Å². The molecule has 0 amide bonds. The zero-order valence-corrected chi connectivity index (χ0v) is 13.3. The molecular formula is C16H20BrNO. The van der Waals surface area contributed by atoms with Crippen LogP contribution in [0.15, 0.2) is 39.4 Å². The lowest BCUT2D eigenvalue weighted by Crippen LogP contribution is -2.24. The molecule has 1 N–H and O–H groups in total. The van der Waals surface area contributed by atoms with E-state index in [9.17, 15) is 0 Å². The van der Waals surface area contributed by atoms with Crippen LogP contribution in [0.3, 0.4) is 0 Å². The van der Waals surface area contributed by atoms with Crippen molar-refractivity contribution >= 4 is 15.9 Å². The number of rotatable bonds is 5. The maximum Gasteiger partial charge on any atom is 0.169 e. The molecule has 0 radical (unpaired) electrons. The maximum absolute atomic E-state index is 5.76. The Hall–Kier alpha value is -1.06. The fourth-order valence-electron chi connectivity index (χ4n) is 2.40. The van der Waals surface area contributed by atoms with Crippen LogP contribution in [-0.4, -0.2) is 6.54 Å². The molecule has 0 aliphatic carbocycles. The van der Waals surface area contributed by atoms with Gasteiger partial charge in [0.1, 0.15) is 5.76 Å². The van der Waals surface area contributed by atoms with Crippen molar-refractivity contribution in [2.24, 2.45) is 0 Å². The summed E-state index contributed by atoms with van der Waals surface area (Å²) in [7, 11) is 0. The molecule has 0 aliphatic heterocycles. The Bertz CT molecular complexity index is 527. The first-order chi connectivity index (χ1) is 9.13. The lowest BCUT2D eigenvalue weighted by Gasteiger charge is -2.21. The van der Waals surface area contributed by atoms with Gasteiger partial charge in [-0.15, -0.1) is 0 Å². The van der Waals surface area contributed by atoms with Crippen molar-refractivity contribution in [2.45, 2.75) is 33.2 Å². The highest BCUT2D eigenvalue weighted by Crippen LogP contribution is 2.30. The van der Waals surface area contributed by atoms with Crippen LogP contribution < -0.4 is 5.32 Å². The standard InChI is InChI=1S/C16H20BrNO/c1-4-10-18-16(13-8-9-14(17)19-13)15-11(2)6-5-7-12(15)3/h5-9,16,18H,4,10H2,1-3H3. The summed E-state index contributed by atoms with van der Waals surface area (Å²) < 4.78 is 6.54. The van der Waals surface area contributed by atoms with Crippen molar-refractivity contribution in [2.75, 3.05) is 6.54 Å². The number of aryl methyl sites for hydroxylation is 2. The van der Waals surface area contributed by atoms with Gasteiger partial charge < -0.3 is 9.73 Å². The van der Waals surface area contributed by atoms with Gasteiger partial charge >= 0.3 is 0 Å². The highest BCUT2D eigenvalue weighted by Gasteiger charge is 2.20. The van der Waals surface area contributed by atoms with Crippen LogP contribution in [0.4, 0.5) is 0 Å². The van der Waals surface area contributed by atoms with E-state index in [1.807, 2.05) is 12.1 Å². The molecule has 19 heavy (non-hydrogen) atoms. The summed E-state index contributed by atoms with van der Waals surface area (Å²) in [5, 5.41) is 3.58. The number of hydrogen-bond acceptors (Lipinski definition) is 2. The fraction of sp³-hybridized carbons (Fsp3) is 0.375. The number of nitrogens with one attached hydrogen (secondary N) is 1. The van der Waals surface area contributed by atoms with Crippen LogP contribution in [0.2, 0.25) is 0 Å². The van der Waals surface area contributed by atoms with Crippen molar-refractivity contribution < 1.29 is 4.42 Å². The number of benzene rings is 1. The van der Waals surface area contributed by atoms with Gasteiger partial charge in [-0.2, -0.15) is 0 Å². The van der Waals surface area contributed by atoms with Gasteiger partial charge in [0.15, 0.2) is 4.67 Å². The first-order valence-electron chi connectivity index (χ1n) is 6.68. The van der Waals surface area contributed by atoms with E-state index in [1.54, 1.807) is 0 Å². The van der Waals surface area contributed by atoms with Gasteiger partial charge in [-0.05, 0) is 71.6 Å². The van der Waals surface area contributed by atoms with Gasteiger partial charge in [0.05, 0.1) is 6.04 Å². The normalized spacial score (nSPS) is 12.6. The summed E-state index contributed by atoms with van der Waals surface area (Å²) >= 11 is 3.38. The van der Waals surface area contributed by atoms with Crippen LogP contribution in [-0.2, 0) is 0 Å². The quantitative estimate of drug-likeness (QED) is 0.859. The van der Waals surface area contributed by atoms with Crippen LogP contribution in [0.1, 0.15) is 41.8 Å². The van der Waals surface area contributed by atoms with Crippen molar-refractivity contribution in [3.05, 3.63) is 57.5 Å². The monoisotopic (exact) mass is 321 g/mol. The first-order valence-corrected chi connectivity index (χ1v) is 7.47. The predicted octanol–water partition coefficient (Wildman–Crippen LogP) is 4.75. The minimum absolute atomic E-state index is 0.118. The van der Waals surface area contributed by atoms with E-state index in [0.717, 1.165) is 23.4 Å². The molecule has 1 aromatic heterocycles. The largest absolute Gasteiger partial charge is 0.452 e. The van der Waals surface area contributed by atoms with Gasteiger partial charge in [-0.1, -0.05) is 25.1 Å². The Kier molecular flexibility index (Phi) is 4.83. The molecule has 2 nitrogen and oxygen atoms in total. The minimum Gasteiger partial charge on any atom is -0.452 e. The first kappa shape index (κ1) is 14.4. The van der Waals surface area contributed by atoms with E-state index in [1.165, 1.54) is 16.7 Å². The molecule has 102 valence electrons. The van der Waals surface area contributed by atoms with Crippen molar-refractivity contribution in [3.63, 3.8) is 0 Å². The van der Waals surface area contributed by atoms with Crippen molar-refractivity contribution in [1.82, 2.24) is 5.32 Å². The van der Waals surface area contributed by atoms with Crippen LogP contribution >= 0.6 is 15.9 Å². The lowest BCUT2D eigenvalue weighted by atomic mass is 9.94. The third kappa shape index (κ3) is 3.28. The second-order valence-corrected chi connectivity index (χ2v) is 5.62. The van der Waals surface area contributed by atoms with Gasteiger partial charge in [0, 0.05) is 0 Å². The highest BCUT2D eigenvalue weighted by molar-refractivity contribution is 9.10. The summed E-state index contributed by atoms with van der Waals surface area (Å²) in [4.78, 5) is 0. The molecule has 0 spiro atoms. The molecule has 1 atom stereocenters. The SMILES string of the molecule is CCCNC(c1ccc(Br)o1)c1c(C)cccc1C. The molecule has 1 unspecified atom stereocenters. The number of furan rings is 1. The average Bonchev–Trinajstić information content (AvgIpc) is 2.79. The fourth-order valence-corrected chi connectivity index (χ4v) is 2.72. The number of halogens is 1. The maximum atomic E-state index is 5.76. The molecule has 0 aliphatic rings. The molecule has 0 bridgehead atoms. The van der Waals surface area contributed by atoms with E-state index >= 15 is 0 Å². The lowest BCUT2D eigenvalue weighted by molar-refractivity contribution is 0.431. The third-order valence-corrected chi connectivity index (χ3v) is 3.73. The molecule has 0 saturated carbocycles. The molecule has 2 rings (SSSR count). The van der Waals surface area contributed by atoms with Gasteiger partial charge in [0.25, 0.3) is 0 Å². The second kappa shape index (κ2) is 6.40. The Labute approximate surface area is 123 Å². The average molecular weight is 322 g/mol. The Morgan fingerprint density at radius 1 is 1.16 bits per heavy atom. The van der Waals surface area contributed by atoms with E-state index < -0.39 is 0 Å². The Morgan fingerprint density at radius 3 is 2.37 bits per heavy atom. The molecule has 3 heteroatoms. The van der Waals surface area contributed by atoms with Crippen LogP contribution in [0.25, 0.3) is 0 Å². The summed E-state index contributed by atoms with van der Waals surface area (Å²) in [5.74, 6) is 0.956.